The summed E-state index contributed by atoms with van der Waals surface area (Å²) in [6.45, 7) is 4.13. The zero-order chi connectivity index (χ0) is 7.40. The molecule has 2 nitrogen and oxygen atoms in total. The molecule has 1 heterocycles. The van der Waals surface area contributed by atoms with Gasteiger partial charge in [0.1, 0.15) is 0 Å². The number of aliphatic hydroxyl groups excluding tert-OH is 1. The number of rotatable bonds is 2. The average Bonchev–Trinajstić information content (AvgIpc) is 1.88. The summed E-state index contributed by atoms with van der Waals surface area (Å²) in [5, 5.41) is 12.4. The maximum absolute atomic E-state index is 9.08. The second kappa shape index (κ2) is 5.81. The van der Waals surface area contributed by atoms with Crippen LogP contribution in [0.5, 0.6) is 0 Å². The van der Waals surface area contributed by atoms with E-state index in [9.17, 15) is 0 Å². The van der Waals surface area contributed by atoms with Crippen molar-refractivity contribution >= 4 is 12.4 Å². The van der Waals surface area contributed by atoms with Crippen molar-refractivity contribution in [1.82, 2.24) is 5.32 Å². The minimum Gasteiger partial charge on any atom is -0.393 e. The van der Waals surface area contributed by atoms with Gasteiger partial charge >= 0.3 is 0 Å². The summed E-state index contributed by atoms with van der Waals surface area (Å²) in [6.07, 6.45) is 3.41. The molecule has 0 saturated carbocycles. The number of hydrogen-bond donors (Lipinski definition) is 2. The normalized spacial score (nSPS) is 27.3. The van der Waals surface area contributed by atoms with Gasteiger partial charge in [0.15, 0.2) is 0 Å². The number of aliphatic hydroxyl groups is 1. The molecule has 2 unspecified atom stereocenters. The molecule has 1 saturated heterocycles. The molecule has 0 aliphatic carbocycles. The van der Waals surface area contributed by atoms with Crippen molar-refractivity contribution in [2.24, 2.45) is 5.92 Å². The molecular weight excluding hydrogens is 162 g/mol. The lowest BCUT2D eigenvalue weighted by molar-refractivity contribution is 0.150. The highest BCUT2D eigenvalue weighted by atomic mass is 35.5. The predicted octanol–water partition coefficient (Wildman–Crippen LogP) is 1.18. The summed E-state index contributed by atoms with van der Waals surface area (Å²) >= 11 is 0. The average molecular weight is 180 g/mol. The van der Waals surface area contributed by atoms with Crippen LogP contribution in [0.2, 0.25) is 0 Å². The van der Waals surface area contributed by atoms with Crippen LogP contribution in [0.25, 0.3) is 0 Å². The number of halogens is 1. The highest BCUT2D eigenvalue weighted by Crippen LogP contribution is 2.15. The fraction of sp³-hybridized carbons (Fsp3) is 1.00. The Kier molecular flexibility index (Phi) is 5.92. The maximum atomic E-state index is 9.08. The molecule has 0 amide bonds. The molecule has 0 bridgehead atoms. The summed E-state index contributed by atoms with van der Waals surface area (Å²) in [7, 11) is 0. The molecule has 0 radical (unpaired) electrons. The van der Waals surface area contributed by atoms with Crippen molar-refractivity contribution in [3.63, 3.8) is 0 Å². The molecule has 0 aromatic rings. The Balaban J connectivity index is 0.000001000. The molecule has 11 heavy (non-hydrogen) atoms. The summed E-state index contributed by atoms with van der Waals surface area (Å²) < 4.78 is 0. The fourth-order valence-electron chi connectivity index (χ4n) is 1.61. The summed E-state index contributed by atoms with van der Waals surface area (Å²) in [4.78, 5) is 0. The Morgan fingerprint density at radius 1 is 1.64 bits per heavy atom. The van der Waals surface area contributed by atoms with Crippen LogP contribution in [0.15, 0.2) is 0 Å². The number of nitrogens with one attached hydrogen (secondary N) is 1. The molecule has 3 heteroatoms. The van der Waals surface area contributed by atoms with Gasteiger partial charge in [-0.05, 0) is 45.2 Å². The van der Waals surface area contributed by atoms with Gasteiger partial charge in [0.25, 0.3) is 0 Å². The molecule has 0 spiro atoms. The Hall–Kier alpha value is 0.210. The van der Waals surface area contributed by atoms with E-state index in [-0.39, 0.29) is 18.5 Å². The number of piperidine rings is 1. The molecule has 1 aliphatic rings. The first-order valence-electron chi connectivity index (χ1n) is 4.18. The van der Waals surface area contributed by atoms with E-state index < -0.39 is 0 Å². The summed E-state index contributed by atoms with van der Waals surface area (Å²) in [6, 6.07) is 0. The highest BCUT2D eigenvalue weighted by Gasteiger charge is 2.14. The third-order valence-corrected chi connectivity index (χ3v) is 2.07. The topological polar surface area (TPSA) is 32.3 Å². The minimum absolute atomic E-state index is 0. The molecule has 1 aliphatic heterocycles. The van der Waals surface area contributed by atoms with Crippen LogP contribution in [0.3, 0.4) is 0 Å². The standard InChI is InChI=1S/C8H17NO.ClH/c1-7(10)5-8-3-2-4-9-6-8;/h7-10H,2-6H2,1H3;1H. The zero-order valence-electron chi connectivity index (χ0n) is 7.05. The van der Waals surface area contributed by atoms with E-state index in [0.29, 0.717) is 5.92 Å². The Bertz CT molecular complexity index is 92.1. The largest absolute Gasteiger partial charge is 0.393 e. The SMILES string of the molecule is CC(O)CC1CCCNC1.Cl. The van der Waals surface area contributed by atoms with Crippen LogP contribution >= 0.6 is 12.4 Å². The first-order chi connectivity index (χ1) is 4.79. The first kappa shape index (κ1) is 11.2. The lowest BCUT2D eigenvalue weighted by Crippen LogP contribution is -2.31. The third kappa shape index (κ3) is 4.62. The second-order valence-electron chi connectivity index (χ2n) is 3.30. The van der Waals surface area contributed by atoms with Gasteiger partial charge in [-0.15, -0.1) is 12.4 Å². The second-order valence-corrected chi connectivity index (χ2v) is 3.30. The van der Waals surface area contributed by atoms with Crippen molar-refractivity contribution < 1.29 is 5.11 Å². The van der Waals surface area contributed by atoms with Crippen LogP contribution in [0.1, 0.15) is 26.2 Å². The smallest absolute Gasteiger partial charge is 0.0515 e. The minimum atomic E-state index is -0.120. The third-order valence-electron chi connectivity index (χ3n) is 2.07. The van der Waals surface area contributed by atoms with E-state index >= 15 is 0 Å². The Labute approximate surface area is 74.8 Å². The highest BCUT2D eigenvalue weighted by molar-refractivity contribution is 5.85. The van der Waals surface area contributed by atoms with Crippen molar-refractivity contribution in [1.29, 1.82) is 0 Å². The zero-order valence-corrected chi connectivity index (χ0v) is 7.86. The lowest BCUT2D eigenvalue weighted by atomic mass is 9.94. The van der Waals surface area contributed by atoms with E-state index in [2.05, 4.69) is 5.32 Å². The first-order valence-corrected chi connectivity index (χ1v) is 4.18. The monoisotopic (exact) mass is 179 g/mol. The van der Waals surface area contributed by atoms with E-state index in [1.54, 1.807) is 0 Å². The molecule has 1 fully saturated rings. The van der Waals surface area contributed by atoms with E-state index in [1.807, 2.05) is 6.92 Å². The molecule has 68 valence electrons. The van der Waals surface area contributed by atoms with E-state index in [4.69, 9.17) is 5.11 Å². The van der Waals surface area contributed by atoms with Crippen molar-refractivity contribution in [2.75, 3.05) is 13.1 Å². The Morgan fingerprint density at radius 3 is 2.82 bits per heavy atom. The van der Waals surface area contributed by atoms with Crippen LogP contribution in [-0.4, -0.2) is 24.3 Å². The van der Waals surface area contributed by atoms with E-state index in [0.717, 1.165) is 19.5 Å². The molecule has 0 aromatic carbocycles. The summed E-state index contributed by atoms with van der Waals surface area (Å²) in [5.74, 6) is 0.716. The molecule has 0 aromatic heterocycles. The summed E-state index contributed by atoms with van der Waals surface area (Å²) in [5.41, 5.74) is 0. The van der Waals surface area contributed by atoms with Crippen molar-refractivity contribution in [3.8, 4) is 0 Å². The van der Waals surface area contributed by atoms with Crippen molar-refractivity contribution in [2.45, 2.75) is 32.3 Å². The lowest BCUT2D eigenvalue weighted by Gasteiger charge is -2.23. The molecule has 2 atom stereocenters. The van der Waals surface area contributed by atoms with Crippen LogP contribution in [0.4, 0.5) is 0 Å². The predicted molar refractivity (Wildman–Crippen MR) is 49.1 cm³/mol. The van der Waals surface area contributed by atoms with E-state index in [1.165, 1.54) is 12.8 Å². The van der Waals surface area contributed by atoms with Gasteiger partial charge in [0, 0.05) is 0 Å². The maximum Gasteiger partial charge on any atom is 0.0515 e. The van der Waals surface area contributed by atoms with Gasteiger partial charge in [-0.3, -0.25) is 0 Å². The number of hydrogen-bond acceptors (Lipinski definition) is 2. The Morgan fingerprint density at radius 2 is 2.36 bits per heavy atom. The quantitative estimate of drug-likeness (QED) is 0.668. The van der Waals surface area contributed by atoms with Crippen molar-refractivity contribution in [3.05, 3.63) is 0 Å². The van der Waals surface area contributed by atoms with Gasteiger partial charge < -0.3 is 10.4 Å². The van der Waals surface area contributed by atoms with Gasteiger partial charge in [0.05, 0.1) is 6.10 Å². The van der Waals surface area contributed by atoms with Gasteiger partial charge in [-0.2, -0.15) is 0 Å². The molecular formula is C8H18ClNO. The molecule has 2 N–H and O–H groups in total. The van der Waals surface area contributed by atoms with Gasteiger partial charge in [-0.1, -0.05) is 0 Å². The molecule has 1 rings (SSSR count). The van der Waals surface area contributed by atoms with Gasteiger partial charge in [-0.25, -0.2) is 0 Å². The van der Waals surface area contributed by atoms with Gasteiger partial charge in [0.2, 0.25) is 0 Å². The van der Waals surface area contributed by atoms with Crippen LogP contribution in [-0.2, 0) is 0 Å². The fourth-order valence-corrected chi connectivity index (χ4v) is 1.61. The van der Waals surface area contributed by atoms with Crippen LogP contribution < -0.4 is 5.32 Å². The van der Waals surface area contributed by atoms with Crippen LogP contribution in [0, 0.1) is 5.92 Å².